The van der Waals surface area contributed by atoms with Gasteiger partial charge in [0, 0.05) is 25.1 Å². The third-order valence-corrected chi connectivity index (χ3v) is 4.81. The molecule has 0 aromatic rings. The van der Waals surface area contributed by atoms with Crippen LogP contribution in [0.15, 0.2) is 0 Å². The quantitative estimate of drug-likeness (QED) is 0.850. The first kappa shape index (κ1) is 14.8. The Morgan fingerprint density at radius 2 is 1.68 bits per heavy atom. The highest BCUT2D eigenvalue weighted by molar-refractivity contribution is 5.79. The van der Waals surface area contributed by atoms with Crippen LogP contribution >= 0.6 is 0 Å². The van der Waals surface area contributed by atoms with Crippen molar-refractivity contribution in [3.63, 3.8) is 0 Å². The molecular formula is C16H29NO2. The van der Waals surface area contributed by atoms with Gasteiger partial charge < -0.3 is 10.0 Å². The maximum Gasteiger partial charge on any atom is 0.225 e. The van der Waals surface area contributed by atoms with Crippen LogP contribution in [0.5, 0.6) is 0 Å². The van der Waals surface area contributed by atoms with Crippen molar-refractivity contribution in [2.24, 2.45) is 5.92 Å². The van der Waals surface area contributed by atoms with Crippen LogP contribution < -0.4 is 0 Å². The molecular weight excluding hydrogens is 238 g/mol. The van der Waals surface area contributed by atoms with Crippen molar-refractivity contribution in [2.45, 2.75) is 76.7 Å². The normalized spacial score (nSPS) is 26.2. The number of aliphatic hydroxyl groups excluding tert-OH is 1. The summed E-state index contributed by atoms with van der Waals surface area (Å²) in [4.78, 5) is 14.8. The van der Waals surface area contributed by atoms with E-state index in [0.717, 1.165) is 45.1 Å². The summed E-state index contributed by atoms with van der Waals surface area (Å²) in [5, 5.41) is 8.97. The first-order valence-electron chi connectivity index (χ1n) is 8.24. The predicted octanol–water partition coefficient (Wildman–Crippen LogP) is 3.11. The van der Waals surface area contributed by atoms with Crippen molar-refractivity contribution in [3.8, 4) is 0 Å². The van der Waals surface area contributed by atoms with E-state index in [0.29, 0.717) is 11.9 Å². The molecule has 2 rings (SSSR count). The van der Waals surface area contributed by atoms with E-state index in [-0.39, 0.29) is 12.5 Å². The molecule has 2 fully saturated rings. The molecule has 110 valence electrons. The smallest absolute Gasteiger partial charge is 0.225 e. The Morgan fingerprint density at radius 1 is 1.00 bits per heavy atom. The van der Waals surface area contributed by atoms with E-state index in [1.807, 2.05) is 0 Å². The number of aliphatic hydroxyl groups is 1. The van der Waals surface area contributed by atoms with Gasteiger partial charge in [0.15, 0.2) is 0 Å². The van der Waals surface area contributed by atoms with Gasteiger partial charge in [-0.1, -0.05) is 32.1 Å². The first-order valence-corrected chi connectivity index (χ1v) is 8.24. The number of hydrogen-bond acceptors (Lipinski definition) is 2. The monoisotopic (exact) mass is 267 g/mol. The van der Waals surface area contributed by atoms with E-state index in [4.69, 9.17) is 5.11 Å². The second-order valence-electron chi connectivity index (χ2n) is 6.24. The first-order chi connectivity index (χ1) is 9.33. The fourth-order valence-electron chi connectivity index (χ4n) is 3.69. The lowest BCUT2D eigenvalue weighted by Crippen LogP contribution is -2.40. The number of likely N-dealkylation sites (tertiary alicyclic amines) is 1. The Morgan fingerprint density at radius 3 is 2.37 bits per heavy atom. The molecule has 1 saturated carbocycles. The van der Waals surface area contributed by atoms with Gasteiger partial charge in [0.2, 0.25) is 5.91 Å². The Kier molecular flexibility index (Phi) is 6.15. The van der Waals surface area contributed by atoms with E-state index >= 15 is 0 Å². The van der Waals surface area contributed by atoms with Crippen LogP contribution in [-0.4, -0.2) is 35.1 Å². The topological polar surface area (TPSA) is 40.5 Å². The number of nitrogens with zero attached hydrogens (tertiary/aromatic N) is 1. The molecule has 1 saturated heterocycles. The van der Waals surface area contributed by atoms with Gasteiger partial charge in [-0.25, -0.2) is 0 Å². The van der Waals surface area contributed by atoms with E-state index in [1.165, 1.54) is 32.1 Å². The van der Waals surface area contributed by atoms with Crippen molar-refractivity contribution in [3.05, 3.63) is 0 Å². The number of amides is 1. The second kappa shape index (κ2) is 7.88. The van der Waals surface area contributed by atoms with Crippen LogP contribution in [0.2, 0.25) is 0 Å². The molecule has 19 heavy (non-hydrogen) atoms. The van der Waals surface area contributed by atoms with Gasteiger partial charge in [-0.2, -0.15) is 0 Å². The van der Waals surface area contributed by atoms with Crippen molar-refractivity contribution in [1.29, 1.82) is 0 Å². The molecule has 0 bridgehead atoms. The summed E-state index contributed by atoms with van der Waals surface area (Å²) in [6, 6.07) is 0.407. The molecule has 0 spiro atoms. The summed E-state index contributed by atoms with van der Waals surface area (Å²) >= 11 is 0. The van der Waals surface area contributed by atoms with Crippen LogP contribution in [-0.2, 0) is 4.79 Å². The second-order valence-corrected chi connectivity index (χ2v) is 6.24. The van der Waals surface area contributed by atoms with Crippen LogP contribution in [0.3, 0.4) is 0 Å². The molecule has 1 atom stereocenters. The minimum absolute atomic E-state index is 0.252. The highest BCUT2D eigenvalue weighted by atomic mass is 16.3. The van der Waals surface area contributed by atoms with E-state index < -0.39 is 0 Å². The highest BCUT2D eigenvalue weighted by Gasteiger charge is 2.32. The number of carbonyl (C=O) groups excluding carboxylic acids is 1. The zero-order valence-electron chi connectivity index (χ0n) is 12.1. The summed E-state index contributed by atoms with van der Waals surface area (Å²) in [6.07, 6.45) is 12.7. The van der Waals surface area contributed by atoms with Crippen molar-refractivity contribution >= 4 is 5.91 Å². The average Bonchev–Trinajstić information content (AvgIpc) is 2.83. The molecule has 1 unspecified atom stereocenters. The number of hydrogen-bond donors (Lipinski definition) is 1. The van der Waals surface area contributed by atoms with Crippen LogP contribution in [0, 0.1) is 5.92 Å². The summed E-state index contributed by atoms with van der Waals surface area (Å²) in [5.74, 6) is 0.706. The molecule has 1 N–H and O–H groups in total. The van der Waals surface area contributed by atoms with Gasteiger partial charge in [0.05, 0.1) is 0 Å². The summed E-state index contributed by atoms with van der Waals surface area (Å²) in [5.41, 5.74) is 0. The molecule has 1 aliphatic heterocycles. The number of rotatable bonds is 4. The lowest BCUT2D eigenvalue weighted by Gasteiger charge is -2.29. The molecule has 1 amide bonds. The van der Waals surface area contributed by atoms with Gasteiger partial charge in [-0.15, -0.1) is 0 Å². The molecule has 1 heterocycles. The highest BCUT2D eigenvalue weighted by Crippen LogP contribution is 2.28. The maximum atomic E-state index is 12.7. The predicted molar refractivity (Wildman–Crippen MR) is 76.9 cm³/mol. The minimum atomic E-state index is 0.252. The van der Waals surface area contributed by atoms with Gasteiger partial charge in [0.1, 0.15) is 0 Å². The van der Waals surface area contributed by atoms with Crippen molar-refractivity contribution < 1.29 is 9.90 Å². The third-order valence-electron chi connectivity index (χ3n) is 4.81. The third kappa shape index (κ3) is 4.20. The fourth-order valence-corrected chi connectivity index (χ4v) is 3.69. The lowest BCUT2D eigenvalue weighted by molar-refractivity contribution is -0.137. The fraction of sp³-hybridized carbons (Fsp3) is 0.938. The molecule has 1 aliphatic carbocycles. The Bertz CT molecular complexity index is 272. The van der Waals surface area contributed by atoms with Gasteiger partial charge in [-0.05, 0) is 38.5 Å². The molecule has 0 radical (unpaired) electrons. The van der Waals surface area contributed by atoms with Crippen molar-refractivity contribution in [1.82, 2.24) is 4.90 Å². The molecule has 0 aromatic heterocycles. The molecule has 3 nitrogen and oxygen atoms in total. The Labute approximate surface area is 117 Å². The van der Waals surface area contributed by atoms with Crippen molar-refractivity contribution in [2.75, 3.05) is 13.2 Å². The Hall–Kier alpha value is -0.570. The summed E-state index contributed by atoms with van der Waals surface area (Å²) < 4.78 is 0. The maximum absolute atomic E-state index is 12.7. The SMILES string of the molecule is O=C(C1CCCCCCC1)N1CCCC1CCCO. The molecule has 2 aliphatic rings. The largest absolute Gasteiger partial charge is 0.396 e. The van der Waals surface area contributed by atoms with Gasteiger partial charge in [-0.3, -0.25) is 4.79 Å². The summed E-state index contributed by atoms with van der Waals surface area (Å²) in [7, 11) is 0. The Balaban J connectivity index is 1.88. The number of carbonyl (C=O) groups is 1. The zero-order chi connectivity index (χ0) is 13.5. The van der Waals surface area contributed by atoms with Crippen LogP contribution in [0.25, 0.3) is 0 Å². The van der Waals surface area contributed by atoms with Gasteiger partial charge >= 0.3 is 0 Å². The molecule has 3 heteroatoms. The average molecular weight is 267 g/mol. The van der Waals surface area contributed by atoms with E-state index in [9.17, 15) is 4.79 Å². The summed E-state index contributed by atoms with van der Waals surface area (Å²) in [6.45, 7) is 1.20. The van der Waals surface area contributed by atoms with Crippen LogP contribution in [0.1, 0.15) is 70.6 Å². The van der Waals surface area contributed by atoms with E-state index in [2.05, 4.69) is 4.90 Å². The zero-order valence-corrected chi connectivity index (χ0v) is 12.1. The van der Waals surface area contributed by atoms with Crippen LogP contribution in [0.4, 0.5) is 0 Å². The van der Waals surface area contributed by atoms with Gasteiger partial charge in [0.25, 0.3) is 0 Å². The minimum Gasteiger partial charge on any atom is -0.396 e. The molecule has 0 aromatic carbocycles. The lowest BCUT2D eigenvalue weighted by atomic mass is 9.90. The van der Waals surface area contributed by atoms with E-state index in [1.54, 1.807) is 0 Å². The standard InChI is InChI=1S/C16H29NO2/c18-13-7-11-15-10-6-12-17(15)16(19)14-8-4-2-1-3-5-9-14/h14-15,18H,1-13H2.